The molecule has 1 saturated carbocycles. The number of hydrogen-bond acceptors (Lipinski definition) is 4. The average Bonchev–Trinajstić information content (AvgIpc) is 3.71. The predicted molar refractivity (Wildman–Crippen MR) is 164 cm³/mol. The lowest BCUT2D eigenvalue weighted by Gasteiger charge is -2.20. The number of aromatic nitrogens is 4. The van der Waals surface area contributed by atoms with Crippen LogP contribution in [0.25, 0.3) is 54.8 Å². The van der Waals surface area contributed by atoms with E-state index in [4.69, 9.17) is 0 Å². The maximum Gasteiger partial charge on any atom is 0.224 e. The van der Waals surface area contributed by atoms with Gasteiger partial charge < -0.3 is 10.3 Å². The van der Waals surface area contributed by atoms with Crippen molar-refractivity contribution < 1.29 is 4.79 Å². The van der Waals surface area contributed by atoms with Crippen molar-refractivity contribution in [3.63, 3.8) is 0 Å². The molecule has 200 valence electrons. The lowest BCUT2D eigenvalue weighted by molar-refractivity contribution is -0.117. The Labute approximate surface area is 236 Å². The van der Waals surface area contributed by atoms with Gasteiger partial charge >= 0.3 is 0 Å². The number of carbonyl (C=O) groups is 1. The van der Waals surface area contributed by atoms with Crippen LogP contribution in [0.4, 0.5) is 5.69 Å². The van der Waals surface area contributed by atoms with Crippen LogP contribution >= 0.6 is 11.3 Å². The SMILES string of the molecule is Cc1ccc(-c2cccc3[nH]c(-c4n[nH]c5ccc(-c6cncc(NC(=O)CC7CCCCC7)c6)cc45)cc23)s1. The van der Waals surface area contributed by atoms with Crippen molar-refractivity contribution in [1.82, 2.24) is 20.2 Å². The van der Waals surface area contributed by atoms with Crippen molar-refractivity contribution in [2.75, 3.05) is 5.32 Å². The molecule has 4 aromatic heterocycles. The van der Waals surface area contributed by atoms with Gasteiger partial charge in [0.15, 0.2) is 0 Å². The molecular formula is C33H31N5OS. The Kier molecular flexibility index (Phi) is 6.44. The van der Waals surface area contributed by atoms with Crippen LogP contribution in [0.3, 0.4) is 0 Å². The summed E-state index contributed by atoms with van der Waals surface area (Å²) >= 11 is 1.81. The first-order chi connectivity index (χ1) is 19.6. The number of anilines is 1. The minimum absolute atomic E-state index is 0.0781. The van der Waals surface area contributed by atoms with Crippen LogP contribution in [0.5, 0.6) is 0 Å². The summed E-state index contributed by atoms with van der Waals surface area (Å²) in [5, 5.41) is 13.2. The molecule has 1 fully saturated rings. The van der Waals surface area contributed by atoms with Crippen LogP contribution in [-0.4, -0.2) is 26.1 Å². The van der Waals surface area contributed by atoms with Gasteiger partial charge in [-0.3, -0.25) is 14.9 Å². The average molecular weight is 546 g/mol. The summed E-state index contributed by atoms with van der Waals surface area (Å²) in [6, 6.07) is 21.2. The minimum Gasteiger partial charge on any atom is -0.353 e. The van der Waals surface area contributed by atoms with Gasteiger partial charge in [-0.1, -0.05) is 37.5 Å². The van der Waals surface area contributed by atoms with Gasteiger partial charge in [0.25, 0.3) is 0 Å². The Morgan fingerprint density at radius 3 is 2.70 bits per heavy atom. The summed E-state index contributed by atoms with van der Waals surface area (Å²) in [7, 11) is 0. The molecule has 6 nitrogen and oxygen atoms in total. The smallest absolute Gasteiger partial charge is 0.224 e. The fourth-order valence-corrected chi connectivity index (χ4v) is 6.91. The van der Waals surface area contributed by atoms with E-state index in [2.05, 4.69) is 87.0 Å². The minimum atomic E-state index is 0.0781. The lowest BCUT2D eigenvalue weighted by atomic mass is 9.87. The second-order valence-corrected chi connectivity index (χ2v) is 12.2. The summed E-state index contributed by atoms with van der Waals surface area (Å²) in [6.45, 7) is 2.14. The van der Waals surface area contributed by atoms with Crippen LogP contribution in [0.2, 0.25) is 0 Å². The van der Waals surface area contributed by atoms with Gasteiger partial charge in [0.2, 0.25) is 5.91 Å². The summed E-state index contributed by atoms with van der Waals surface area (Å²) in [6.07, 6.45) is 10.2. The lowest BCUT2D eigenvalue weighted by Crippen LogP contribution is -2.18. The maximum absolute atomic E-state index is 12.7. The monoisotopic (exact) mass is 545 g/mol. The standard InChI is InChI=1S/C33H31N5OS/c1-20-10-13-31(40-20)25-8-5-9-28-26(25)17-30(36-28)33-27-16-22(11-12-29(27)37-38-33)23-15-24(19-34-18-23)35-32(39)14-21-6-3-2-4-7-21/h5,8-13,15-19,21,36H,2-4,6-7,14H2,1H3,(H,35,39)(H,37,38). The van der Waals surface area contributed by atoms with Gasteiger partial charge in [-0.05, 0) is 73.7 Å². The molecule has 0 saturated heterocycles. The Balaban J connectivity index is 1.19. The summed E-state index contributed by atoms with van der Waals surface area (Å²) in [5.74, 6) is 0.580. The van der Waals surface area contributed by atoms with Crippen LogP contribution in [0, 0.1) is 12.8 Å². The molecule has 1 amide bonds. The number of pyridine rings is 1. The number of fused-ring (bicyclic) bond motifs is 2. The number of rotatable bonds is 6. The molecule has 2 aromatic carbocycles. The highest BCUT2D eigenvalue weighted by molar-refractivity contribution is 7.15. The van der Waals surface area contributed by atoms with E-state index in [0.717, 1.165) is 57.5 Å². The number of nitrogens with one attached hydrogen (secondary N) is 3. The molecule has 7 rings (SSSR count). The van der Waals surface area contributed by atoms with Crippen LogP contribution in [-0.2, 0) is 4.79 Å². The van der Waals surface area contributed by atoms with Crippen molar-refractivity contribution in [1.29, 1.82) is 0 Å². The largest absolute Gasteiger partial charge is 0.353 e. The number of aromatic amines is 2. The number of benzene rings is 2. The summed E-state index contributed by atoms with van der Waals surface area (Å²) < 4.78 is 0. The van der Waals surface area contributed by atoms with E-state index in [-0.39, 0.29) is 5.91 Å². The van der Waals surface area contributed by atoms with Gasteiger partial charge in [0.1, 0.15) is 5.69 Å². The molecule has 0 aliphatic heterocycles. The van der Waals surface area contributed by atoms with E-state index in [1.807, 2.05) is 23.6 Å². The molecule has 1 aliphatic carbocycles. The number of amides is 1. The number of H-pyrrole nitrogens is 2. The Morgan fingerprint density at radius 1 is 0.950 bits per heavy atom. The second kappa shape index (κ2) is 10.4. The predicted octanol–water partition coefficient (Wildman–Crippen LogP) is 8.72. The quantitative estimate of drug-likeness (QED) is 0.196. The number of thiophene rings is 1. The molecule has 4 heterocycles. The fraction of sp³-hybridized carbons (Fsp3) is 0.242. The van der Waals surface area contributed by atoms with E-state index in [1.54, 1.807) is 6.20 Å². The first-order valence-electron chi connectivity index (χ1n) is 14.0. The van der Waals surface area contributed by atoms with E-state index >= 15 is 0 Å². The molecule has 0 spiro atoms. The highest BCUT2D eigenvalue weighted by Crippen LogP contribution is 2.37. The molecular weight excluding hydrogens is 514 g/mol. The van der Waals surface area contributed by atoms with Crippen LogP contribution in [0.1, 0.15) is 43.4 Å². The molecule has 1 aliphatic rings. The van der Waals surface area contributed by atoms with E-state index in [1.165, 1.54) is 40.0 Å². The zero-order chi connectivity index (χ0) is 27.1. The van der Waals surface area contributed by atoms with Crippen LogP contribution < -0.4 is 5.32 Å². The fourth-order valence-electron chi connectivity index (χ4n) is 6.01. The molecule has 40 heavy (non-hydrogen) atoms. The highest BCUT2D eigenvalue weighted by Gasteiger charge is 2.18. The normalized spacial score (nSPS) is 14.2. The molecule has 0 unspecified atom stereocenters. The topological polar surface area (TPSA) is 86.5 Å². The van der Waals surface area contributed by atoms with Gasteiger partial charge in [0.05, 0.1) is 23.1 Å². The van der Waals surface area contributed by atoms with Crippen molar-refractivity contribution in [3.05, 3.63) is 77.9 Å². The number of carbonyl (C=O) groups excluding carboxylic acids is 1. The highest BCUT2D eigenvalue weighted by atomic mass is 32.1. The van der Waals surface area contributed by atoms with Gasteiger partial charge in [-0.25, -0.2) is 0 Å². The second-order valence-electron chi connectivity index (χ2n) is 10.9. The van der Waals surface area contributed by atoms with E-state index in [9.17, 15) is 4.79 Å². The molecule has 3 N–H and O–H groups in total. The number of hydrogen-bond donors (Lipinski definition) is 3. The van der Waals surface area contributed by atoms with Crippen LogP contribution in [0.15, 0.2) is 73.1 Å². The molecule has 0 radical (unpaired) electrons. The third-order valence-electron chi connectivity index (χ3n) is 8.04. The van der Waals surface area contributed by atoms with Crippen molar-refractivity contribution >= 4 is 44.7 Å². The van der Waals surface area contributed by atoms with Gasteiger partial charge in [0, 0.05) is 49.8 Å². The van der Waals surface area contributed by atoms with Crippen molar-refractivity contribution in [2.45, 2.75) is 45.4 Å². The third-order valence-corrected chi connectivity index (χ3v) is 9.08. The first kappa shape index (κ1) is 24.8. The first-order valence-corrected chi connectivity index (χ1v) is 14.8. The van der Waals surface area contributed by atoms with Gasteiger partial charge in [-0.15, -0.1) is 11.3 Å². The Hall–Kier alpha value is -4.23. The third kappa shape index (κ3) is 4.82. The summed E-state index contributed by atoms with van der Waals surface area (Å²) in [5.41, 5.74) is 7.86. The van der Waals surface area contributed by atoms with E-state index in [0.29, 0.717) is 12.3 Å². The molecule has 0 bridgehead atoms. The molecule has 6 aromatic rings. The van der Waals surface area contributed by atoms with Crippen molar-refractivity contribution in [3.8, 4) is 33.0 Å². The van der Waals surface area contributed by atoms with Crippen molar-refractivity contribution in [2.24, 2.45) is 5.92 Å². The van der Waals surface area contributed by atoms with Gasteiger partial charge in [-0.2, -0.15) is 5.10 Å². The van der Waals surface area contributed by atoms with E-state index < -0.39 is 0 Å². The molecule has 0 atom stereocenters. The number of aryl methyl sites for hydroxylation is 1. The summed E-state index contributed by atoms with van der Waals surface area (Å²) in [4.78, 5) is 23.3. The maximum atomic E-state index is 12.7. The molecule has 7 heteroatoms. The Morgan fingerprint density at radius 2 is 1.85 bits per heavy atom. The Bertz CT molecular complexity index is 1840. The number of nitrogens with zero attached hydrogens (tertiary/aromatic N) is 2. The zero-order valence-electron chi connectivity index (χ0n) is 22.5. The zero-order valence-corrected chi connectivity index (χ0v) is 23.3.